The van der Waals surface area contributed by atoms with Gasteiger partial charge in [-0.3, -0.25) is 9.59 Å². The van der Waals surface area contributed by atoms with Gasteiger partial charge in [0.1, 0.15) is 0 Å². The summed E-state index contributed by atoms with van der Waals surface area (Å²) in [4.78, 5) is 24.9. The molecule has 22 heavy (non-hydrogen) atoms. The molecule has 120 valence electrons. The summed E-state index contributed by atoms with van der Waals surface area (Å²) in [5, 5.41) is 16.2. The number of amides is 2. The second-order valence-electron chi connectivity index (χ2n) is 6.49. The van der Waals surface area contributed by atoms with Gasteiger partial charge in [-0.1, -0.05) is 12.8 Å². The largest absolute Gasteiger partial charge is 0.394 e. The number of anilines is 1. The summed E-state index contributed by atoms with van der Waals surface area (Å²) in [5.41, 5.74) is 0.393. The Labute approximate surface area is 134 Å². The van der Waals surface area contributed by atoms with Crippen LogP contribution in [0.25, 0.3) is 0 Å². The lowest BCUT2D eigenvalue weighted by Gasteiger charge is -2.27. The molecule has 5 nitrogen and oxygen atoms in total. The lowest BCUT2D eigenvalue weighted by atomic mass is 9.99. The van der Waals surface area contributed by atoms with Gasteiger partial charge in [0.05, 0.1) is 22.0 Å². The van der Waals surface area contributed by atoms with E-state index in [0.29, 0.717) is 4.88 Å². The van der Waals surface area contributed by atoms with E-state index in [2.05, 4.69) is 10.6 Å². The van der Waals surface area contributed by atoms with Gasteiger partial charge in [-0.05, 0) is 44.2 Å². The van der Waals surface area contributed by atoms with Gasteiger partial charge in [0.25, 0.3) is 5.91 Å². The molecule has 0 bridgehead atoms. The van der Waals surface area contributed by atoms with Crippen molar-refractivity contribution in [2.45, 2.75) is 51.0 Å². The second-order valence-corrected chi connectivity index (χ2v) is 7.54. The van der Waals surface area contributed by atoms with Crippen LogP contribution in [0.4, 0.5) is 5.00 Å². The number of aliphatic hydroxyl groups excluding tert-OH is 1. The van der Waals surface area contributed by atoms with Crippen molar-refractivity contribution in [2.24, 2.45) is 5.92 Å². The number of rotatable bonds is 5. The van der Waals surface area contributed by atoms with Crippen LogP contribution in [0.1, 0.15) is 53.8 Å². The Kier molecular flexibility index (Phi) is 4.23. The molecule has 0 unspecified atom stereocenters. The van der Waals surface area contributed by atoms with Gasteiger partial charge in [-0.2, -0.15) is 0 Å². The van der Waals surface area contributed by atoms with Crippen LogP contribution in [0.3, 0.4) is 0 Å². The predicted octanol–water partition coefficient (Wildman–Crippen LogP) is 2.44. The Balaban J connectivity index is 1.69. The number of hydrogen-bond donors (Lipinski definition) is 3. The van der Waals surface area contributed by atoms with Crippen LogP contribution in [-0.2, 0) is 4.79 Å². The quantitative estimate of drug-likeness (QED) is 0.779. The third kappa shape index (κ3) is 3.17. The average Bonchev–Trinajstić information content (AvgIpc) is 3.14. The van der Waals surface area contributed by atoms with Gasteiger partial charge >= 0.3 is 0 Å². The van der Waals surface area contributed by atoms with Crippen molar-refractivity contribution in [1.29, 1.82) is 0 Å². The Morgan fingerprint density at radius 2 is 2.05 bits per heavy atom. The zero-order chi connectivity index (χ0) is 15.7. The molecule has 2 saturated carbocycles. The molecule has 2 aliphatic rings. The average molecular weight is 322 g/mol. The normalized spacial score (nSPS) is 19.9. The first-order valence-corrected chi connectivity index (χ1v) is 8.69. The maximum atomic E-state index is 12.5. The molecule has 0 spiro atoms. The molecule has 1 heterocycles. The maximum Gasteiger partial charge on any atom is 0.262 e. The summed E-state index contributed by atoms with van der Waals surface area (Å²) in [6.45, 7) is 1.85. The molecule has 0 saturated heterocycles. The summed E-state index contributed by atoms with van der Waals surface area (Å²) in [5.74, 6) is 0.0528. The first-order chi connectivity index (χ1) is 10.5. The van der Waals surface area contributed by atoms with Gasteiger partial charge < -0.3 is 15.7 Å². The van der Waals surface area contributed by atoms with Crippen molar-refractivity contribution >= 4 is 28.2 Å². The Hall–Kier alpha value is -1.40. The van der Waals surface area contributed by atoms with Crippen molar-refractivity contribution in [3.8, 4) is 0 Å². The molecule has 0 aromatic carbocycles. The highest BCUT2D eigenvalue weighted by Gasteiger charge is 2.35. The van der Waals surface area contributed by atoms with E-state index < -0.39 is 5.54 Å². The summed E-state index contributed by atoms with van der Waals surface area (Å²) in [6.07, 6.45) is 5.64. The van der Waals surface area contributed by atoms with Gasteiger partial charge in [-0.25, -0.2) is 0 Å². The molecule has 1 aromatic rings. The number of aryl methyl sites for hydroxylation is 1. The monoisotopic (exact) mass is 322 g/mol. The predicted molar refractivity (Wildman–Crippen MR) is 86.2 cm³/mol. The van der Waals surface area contributed by atoms with Crippen LogP contribution < -0.4 is 10.6 Å². The van der Waals surface area contributed by atoms with Crippen molar-refractivity contribution in [3.05, 3.63) is 16.5 Å². The molecule has 2 fully saturated rings. The van der Waals surface area contributed by atoms with Gasteiger partial charge in [-0.15, -0.1) is 11.3 Å². The van der Waals surface area contributed by atoms with Crippen LogP contribution in [-0.4, -0.2) is 29.1 Å². The molecule has 0 radical (unpaired) electrons. The summed E-state index contributed by atoms with van der Waals surface area (Å²) in [6, 6.07) is 1.85. The molecular weight excluding hydrogens is 300 g/mol. The molecule has 3 N–H and O–H groups in total. The lowest BCUT2D eigenvalue weighted by Crippen LogP contribution is -2.49. The summed E-state index contributed by atoms with van der Waals surface area (Å²) >= 11 is 1.31. The zero-order valence-electron chi connectivity index (χ0n) is 12.8. The van der Waals surface area contributed by atoms with Crippen LogP contribution in [0.5, 0.6) is 0 Å². The van der Waals surface area contributed by atoms with Crippen molar-refractivity contribution < 1.29 is 14.7 Å². The highest BCUT2D eigenvalue weighted by atomic mass is 32.1. The van der Waals surface area contributed by atoms with E-state index in [1.807, 2.05) is 13.0 Å². The number of aliphatic hydroxyl groups is 1. The number of carbonyl (C=O) groups excluding carboxylic acids is 2. The van der Waals surface area contributed by atoms with Crippen LogP contribution in [0.2, 0.25) is 0 Å². The minimum Gasteiger partial charge on any atom is -0.394 e. The smallest absolute Gasteiger partial charge is 0.262 e. The van der Waals surface area contributed by atoms with Gasteiger partial charge in [0.2, 0.25) is 5.91 Å². The molecule has 0 aliphatic heterocycles. The SMILES string of the molecule is Cc1cc(NC(=O)C2CC2)sc1C(=O)NC1(CO)CCCC1. The van der Waals surface area contributed by atoms with Gasteiger partial charge in [0.15, 0.2) is 0 Å². The van der Waals surface area contributed by atoms with Crippen molar-refractivity contribution in [2.75, 3.05) is 11.9 Å². The first kappa shape index (κ1) is 15.5. The third-order valence-corrected chi connectivity index (χ3v) is 5.71. The molecule has 6 heteroatoms. The third-order valence-electron chi connectivity index (χ3n) is 4.56. The number of carbonyl (C=O) groups is 2. The standard InChI is InChI=1S/C16H22N2O3S/c1-10-8-12(17-14(20)11-4-5-11)22-13(10)15(21)18-16(9-19)6-2-3-7-16/h8,11,19H,2-7,9H2,1H3,(H,17,20)(H,18,21). The van der Waals surface area contributed by atoms with Crippen LogP contribution in [0.15, 0.2) is 6.07 Å². The summed E-state index contributed by atoms with van der Waals surface area (Å²) in [7, 11) is 0. The number of thiophene rings is 1. The highest BCUT2D eigenvalue weighted by Crippen LogP contribution is 2.34. The molecule has 3 rings (SSSR count). The highest BCUT2D eigenvalue weighted by molar-refractivity contribution is 7.18. The Morgan fingerprint density at radius 3 is 2.64 bits per heavy atom. The molecule has 1 aromatic heterocycles. The lowest BCUT2D eigenvalue weighted by molar-refractivity contribution is -0.117. The van der Waals surface area contributed by atoms with E-state index in [9.17, 15) is 14.7 Å². The minimum atomic E-state index is -0.467. The second kappa shape index (κ2) is 6.01. The number of nitrogens with one attached hydrogen (secondary N) is 2. The van der Waals surface area contributed by atoms with E-state index in [-0.39, 0.29) is 24.3 Å². The first-order valence-electron chi connectivity index (χ1n) is 7.88. The van der Waals surface area contributed by atoms with Crippen LogP contribution in [0, 0.1) is 12.8 Å². The summed E-state index contributed by atoms with van der Waals surface area (Å²) < 4.78 is 0. The minimum absolute atomic E-state index is 0.0194. The topological polar surface area (TPSA) is 78.4 Å². The number of hydrogen-bond acceptors (Lipinski definition) is 4. The molecule has 2 amide bonds. The maximum absolute atomic E-state index is 12.5. The molecule has 2 aliphatic carbocycles. The zero-order valence-corrected chi connectivity index (χ0v) is 13.6. The van der Waals surface area contributed by atoms with E-state index in [4.69, 9.17) is 0 Å². The van der Waals surface area contributed by atoms with Crippen molar-refractivity contribution in [1.82, 2.24) is 5.32 Å². The van der Waals surface area contributed by atoms with Gasteiger partial charge in [0, 0.05) is 5.92 Å². The Morgan fingerprint density at radius 1 is 1.36 bits per heavy atom. The van der Waals surface area contributed by atoms with Crippen LogP contribution >= 0.6 is 11.3 Å². The van der Waals surface area contributed by atoms with Crippen molar-refractivity contribution in [3.63, 3.8) is 0 Å². The van der Waals surface area contributed by atoms with E-state index in [1.54, 1.807) is 0 Å². The van der Waals surface area contributed by atoms with E-state index in [0.717, 1.165) is 49.1 Å². The Bertz CT molecular complexity index is 586. The fraction of sp³-hybridized carbons (Fsp3) is 0.625. The molecular formula is C16H22N2O3S. The fourth-order valence-corrected chi connectivity index (χ4v) is 3.98. The molecule has 0 atom stereocenters. The van der Waals surface area contributed by atoms with E-state index >= 15 is 0 Å². The van der Waals surface area contributed by atoms with E-state index in [1.165, 1.54) is 11.3 Å². The fourth-order valence-electron chi connectivity index (χ4n) is 3.01.